The number of methoxy groups -OCH3 is 1. The second-order valence-corrected chi connectivity index (χ2v) is 3.66. The van der Waals surface area contributed by atoms with Crippen LogP contribution in [0.4, 0.5) is 0 Å². The minimum atomic E-state index is -0.346. The molecule has 1 atom stereocenters. The van der Waals surface area contributed by atoms with Crippen LogP contribution >= 0.6 is 11.3 Å². The number of nitrogens with zero attached hydrogens (tertiary/aromatic N) is 1. The van der Waals surface area contributed by atoms with Gasteiger partial charge in [0.1, 0.15) is 4.88 Å². The summed E-state index contributed by atoms with van der Waals surface area (Å²) in [4.78, 5) is 12.5. The number of nitriles is 1. The zero-order valence-corrected chi connectivity index (χ0v) is 8.22. The van der Waals surface area contributed by atoms with Gasteiger partial charge < -0.3 is 4.74 Å². The Morgan fingerprint density at radius 3 is 2.92 bits per heavy atom. The highest BCUT2D eigenvalue weighted by atomic mass is 32.1. The van der Waals surface area contributed by atoms with Gasteiger partial charge in [-0.05, 0) is 19.1 Å². The van der Waals surface area contributed by atoms with Crippen LogP contribution in [0.5, 0.6) is 0 Å². The lowest BCUT2D eigenvalue weighted by Crippen LogP contribution is -1.96. The molecule has 1 unspecified atom stereocenters. The first-order valence-corrected chi connectivity index (χ1v) is 4.58. The van der Waals surface area contributed by atoms with Gasteiger partial charge in [0.15, 0.2) is 0 Å². The van der Waals surface area contributed by atoms with Crippen LogP contribution in [0, 0.1) is 11.3 Å². The summed E-state index contributed by atoms with van der Waals surface area (Å²) in [5, 5.41) is 8.63. The van der Waals surface area contributed by atoms with Crippen molar-refractivity contribution in [2.45, 2.75) is 12.8 Å². The van der Waals surface area contributed by atoms with Crippen LogP contribution in [-0.4, -0.2) is 13.1 Å². The first-order valence-electron chi connectivity index (χ1n) is 3.76. The van der Waals surface area contributed by atoms with Gasteiger partial charge in [0.2, 0.25) is 0 Å². The Bertz CT molecular complexity index is 351. The average Bonchev–Trinajstić information content (AvgIpc) is 2.64. The predicted molar refractivity (Wildman–Crippen MR) is 49.7 cm³/mol. The van der Waals surface area contributed by atoms with Crippen LogP contribution in [0.1, 0.15) is 27.4 Å². The molecule has 0 saturated heterocycles. The van der Waals surface area contributed by atoms with Crippen LogP contribution in [-0.2, 0) is 4.74 Å². The van der Waals surface area contributed by atoms with E-state index in [2.05, 4.69) is 10.8 Å². The third-order valence-electron chi connectivity index (χ3n) is 1.63. The van der Waals surface area contributed by atoms with Crippen LogP contribution in [0.15, 0.2) is 12.1 Å². The first-order chi connectivity index (χ1) is 6.19. The molecule has 0 aromatic carbocycles. The van der Waals surface area contributed by atoms with Crippen LogP contribution in [0.2, 0.25) is 0 Å². The summed E-state index contributed by atoms with van der Waals surface area (Å²) in [6.07, 6.45) is 0. The number of esters is 1. The van der Waals surface area contributed by atoms with E-state index in [4.69, 9.17) is 5.26 Å². The Hall–Kier alpha value is -1.34. The highest BCUT2D eigenvalue weighted by Gasteiger charge is 2.12. The number of carbonyl (C=O) groups excluding carboxylic acids is 1. The third-order valence-corrected chi connectivity index (χ3v) is 2.88. The molecule has 0 saturated carbocycles. The van der Waals surface area contributed by atoms with E-state index in [0.717, 1.165) is 4.88 Å². The lowest BCUT2D eigenvalue weighted by molar-refractivity contribution is 0.0606. The van der Waals surface area contributed by atoms with Crippen molar-refractivity contribution >= 4 is 17.3 Å². The summed E-state index contributed by atoms with van der Waals surface area (Å²) in [6, 6.07) is 5.57. The fourth-order valence-electron chi connectivity index (χ4n) is 0.859. The molecular formula is C9H9NO2S. The summed E-state index contributed by atoms with van der Waals surface area (Å²) in [7, 11) is 1.34. The Labute approximate surface area is 80.6 Å². The topological polar surface area (TPSA) is 50.1 Å². The van der Waals surface area contributed by atoms with Gasteiger partial charge in [0, 0.05) is 4.88 Å². The quantitative estimate of drug-likeness (QED) is 0.679. The van der Waals surface area contributed by atoms with Gasteiger partial charge in [-0.2, -0.15) is 5.26 Å². The van der Waals surface area contributed by atoms with E-state index < -0.39 is 0 Å². The smallest absolute Gasteiger partial charge is 0.348 e. The number of thiophene rings is 1. The second kappa shape index (κ2) is 4.06. The fraction of sp³-hybridized carbons (Fsp3) is 0.333. The molecular weight excluding hydrogens is 186 g/mol. The molecule has 0 aliphatic carbocycles. The van der Waals surface area contributed by atoms with Gasteiger partial charge in [0.25, 0.3) is 0 Å². The molecule has 0 fully saturated rings. The van der Waals surface area contributed by atoms with Crippen molar-refractivity contribution in [2.75, 3.05) is 7.11 Å². The van der Waals surface area contributed by atoms with E-state index in [9.17, 15) is 4.79 Å². The number of hydrogen-bond acceptors (Lipinski definition) is 4. The number of rotatable bonds is 2. The van der Waals surface area contributed by atoms with Gasteiger partial charge >= 0.3 is 5.97 Å². The van der Waals surface area contributed by atoms with Gasteiger partial charge in [-0.15, -0.1) is 11.3 Å². The largest absolute Gasteiger partial charge is 0.465 e. The highest BCUT2D eigenvalue weighted by molar-refractivity contribution is 7.14. The maximum atomic E-state index is 11.0. The summed E-state index contributed by atoms with van der Waals surface area (Å²) in [6.45, 7) is 1.80. The van der Waals surface area contributed by atoms with Crippen molar-refractivity contribution in [2.24, 2.45) is 0 Å². The normalized spacial score (nSPS) is 11.8. The molecule has 0 spiro atoms. The Kier molecular flexibility index (Phi) is 3.04. The van der Waals surface area contributed by atoms with Gasteiger partial charge in [0.05, 0.1) is 19.1 Å². The minimum Gasteiger partial charge on any atom is -0.465 e. The lowest BCUT2D eigenvalue weighted by Gasteiger charge is -1.95. The van der Waals surface area contributed by atoms with Crippen LogP contribution in [0.3, 0.4) is 0 Å². The Morgan fingerprint density at radius 1 is 1.69 bits per heavy atom. The van der Waals surface area contributed by atoms with Crippen molar-refractivity contribution in [3.05, 3.63) is 21.9 Å². The van der Waals surface area contributed by atoms with E-state index in [1.54, 1.807) is 19.1 Å². The zero-order chi connectivity index (χ0) is 9.84. The molecule has 1 aromatic heterocycles. The average molecular weight is 195 g/mol. The summed E-state index contributed by atoms with van der Waals surface area (Å²) >= 11 is 1.30. The minimum absolute atomic E-state index is 0.164. The fourth-order valence-corrected chi connectivity index (χ4v) is 1.78. The molecule has 4 heteroatoms. The second-order valence-electron chi connectivity index (χ2n) is 2.54. The van der Waals surface area contributed by atoms with E-state index in [-0.39, 0.29) is 11.9 Å². The maximum Gasteiger partial charge on any atom is 0.348 e. The van der Waals surface area contributed by atoms with Crippen molar-refractivity contribution in [1.82, 2.24) is 0 Å². The molecule has 1 aromatic rings. The Morgan fingerprint density at radius 2 is 2.38 bits per heavy atom. The van der Waals surface area contributed by atoms with E-state index in [1.807, 2.05) is 0 Å². The van der Waals surface area contributed by atoms with Gasteiger partial charge in [-0.3, -0.25) is 0 Å². The molecule has 3 nitrogen and oxygen atoms in total. The molecule has 1 heterocycles. The molecule has 0 aliphatic heterocycles. The van der Waals surface area contributed by atoms with E-state index in [0.29, 0.717) is 4.88 Å². The van der Waals surface area contributed by atoms with Gasteiger partial charge in [-0.25, -0.2) is 4.79 Å². The van der Waals surface area contributed by atoms with Crippen molar-refractivity contribution in [3.63, 3.8) is 0 Å². The zero-order valence-electron chi connectivity index (χ0n) is 7.40. The molecule has 0 amide bonds. The highest BCUT2D eigenvalue weighted by Crippen LogP contribution is 2.24. The molecule has 0 radical (unpaired) electrons. The number of ether oxygens (including phenoxy) is 1. The summed E-state index contributed by atoms with van der Waals surface area (Å²) in [5.74, 6) is -0.509. The van der Waals surface area contributed by atoms with E-state index >= 15 is 0 Å². The maximum absolute atomic E-state index is 11.0. The first kappa shape index (κ1) is 9.75. The molecule has 0 bridgehead atoms. The van der Waals surface area contributed by atoms with Crippen molar-refractivity contribution in [3.8, 4) is 6.07 Å². The molecule has 0 N–H and O–H groups in total. The van der Waals surface area contributed by atoms with Crippen LogP contribution < -0.4 is 0 Å². The summed E-state index contributed by atoms with van der Waals surface area (Å²) < 4.78 is 4.55. The Balaban J connectivity index is 2.88. The van der Waals surface area contributed by atoms with Crippen molar-refractivity contribution < 1.29 is 9.53 Å². The molecule has 13 heavy (non-hydrogen) atoms. The lowest BCUT2D eigenvalue weighted by atomic mass is 10.2. The standard InChI is InChI=1S/C9H9NO2S/c1-6(5-10)7-3-4-8(13-7)9(11)12-2/h3-4,6H,1-2H3. The summed E-state index contributed by atoms with van der Waals surface area (Å²) in [5.41, 5.74) is 0. The number of hydrogen-bond donors (Lipinski definition) is 0. The van der Waals surface area contributed by atoms with E-state index in [1.165, 1.54) is 18.4 Å². The number of carbonyl (C=O) groups is 1. The predicted octanol–water partition coefficient (Wildman–Crippen LogP) is 2.16. The molecule has 68 valence electrons. The van der Waals surface area contributed by atoms with Gasteiger partial charge in [-0.1, -0.05) is 0 Å². The third kappa shape index (κ3) is 2.07. The monoisotopic (exact) mass is 195 g/mol. The van der Waals surface area contributed by atoms with Crippen LogP contribution in [0.25, 0.3) is 0 Å². The van der Waals surface area contributed by atoms with Crippen molar-refractivity contribution in [1.29, 1.82) is 5.26 Å². The SMILES string of the molecule is COC(=O)c1ccc(C(C)C#N)s1. The molecule has 0 aliphatic rings. The molecule has 1 rings (SSSR count).